The van der Waals surface area contributed by atoms with E-state index in [9.17, 15) is 4.79 Å². The van der Waals surface area contributed by atoms with Crippen LogP contribution in [0.4, 0.5) is 5.95 Å². The van der Waals surface area contributed by atoms with Crippen LogP contribution >= 0.6 is 0 Å². The molecule has 0 radical (unpaired) electrons. The molecule has 0 saturated carbocycles. The Hall–Kier alpha value is -1.69. The van der Waals surface area contributed by atoms with Gasteiger partial charge in [0.2, 0.25) is 5.95 Å². The molecule has 86 valence electrons. The standard InChI is InChI=1S/C10H14N4O2/c1-9(15)16-14-7-5-13(6-8-14)10-11-3-2-4-12-10/h2-4H,5-8H2,1H3. The highest BCUT2D eigenvalue weighted by atomic mass is 16.7. The smallest absolute Gasteiger partial charge is 0.322 e. The molecule has 0 atom stereocenters. The predicted octanol–water partition coefficient (Wildman–Crippen LogP) is 0.0767. The minimum absolute atomic E-state index is 0.274. The van der Waals surface area contributed by atoms with Crippen LogP contribution in [0.1, 0.15) is 6.92 Å². The molecular weight excluding hydrogens is 208 g/mol. The second kappa shape index (κ2) is 4.89. The molecule has 1 aliphatic heterocycles. The second-order valence-corrected chi connectivity index (χ2v) is 3.55. The number of nitrogens with zero attached hydrogens (tertiary/aromatic N) is 4. The highest BCUT2D eigenvalue weighted by Crippen LogP contribution is 2.09. The van der Waals surface area contributed by atoms with Crippen molar-refractivity contribution in [2.45, 2.75) is 6.92 Å². The molecule has 0 bridgehead atoms. The highest BCUT2D eigenvalue weighted by Gasteiger charge is 2.20. The van der Waals surface area contributed by atoms with E-state index in [2.05, 4.69) is 14.9 Å². The van der Waals surface area contributed by atoms with Crippen molar-refractivity contribution in [2.24, 2.45) is 0 Å². The zero-order valence-corrected chi connectivity index (χ0v) is 9.17. The van der Waals surface area contributed by atoms with Crippen molar-refractivity contribution in [1.29, 1.82) is 0 Å². The summed E-state index contributed by atoms with van der Waals surface area (Å²) < 4.78 is 0. The molecule has 0 spiro atoms. The molecule has 0 aromatic carbocycles. The van der Waals surface area contributed by atoms with E-state index in [1.807, 2.05) is 0 Å². The van der Waals surface area contributed by atoms with E-state index >= 15 is 0 Å². The van der Waals surface area contributed by atoms with E-state index in [4.69, 9.17) is 4.84 Å². The van der Waals surface area contributed by atoms with Gasteiger partial charge in [-0.1, -0.05) is 0 Å². The number of hydroxylamine groups is 2. The van der Waals surface area contributed by atoms with Crippen LogP contribution in [0.2, 0.25) is 0 Å². The Morgan fingerprint density at radius 3 is 2.44 bits per heavy atom. The molecule has 1 fully saturated rings. The van der Waals surface area contributed by atoms with Crippen LogP contribution in [0.15, 0.2) is 18.5 Å². The molecule has 0 unspecified atom stereocenters. The summed E-state index contributed by atoms with van der Waals surface area (Å²) >= 11 is 0. The molecule has 6 heteroatoms. The molecule has 0 N–H and O–H groups in total. The van der Waals surface area contributed by atoms with Crippen LogP contribution in [-0.4, -0.2) is 47.2 Å². The van der Waals surface area contributed by atoms with Crippen molar-refractivity contribution in [3.8, 4) is 0 Å². The van der Waals surface area contributed by atoms with E-state index in [-0.39, 0.29) is 5.97 Å². The highest BCUT2D eigenvalue weighted by molar-refractivity contribution is 5.65. The van der Waals surface area contributed by atoms with E-state index < -0.39 is 0 Å². The first-order chi connectivity index (χ1) is 7.75. The third kappa shape index (κ3) is 2.66. The first-order valence-corrected chi connectivity index (χ1v) is 5.21. The first kappa shape index (κ1) is 10.8. The maximum Gasteiger partial charge on any atom is 0.322 e. The summed E-state index contributed by atoms with van der Waals surface area (Å²) in [5.74, 6) is 0.453. The monoisotopic (exact) mass is 222 g/mol. The number of anilines is 1. The third-order valence-corrected chi connectivity index (χ3v) is 2.33. The third-order valence-electron chi connectivity index (χ3n) is 2.33. The molecule has 1 saturated heterocycles. The van der Waals surface area contributed by atoms with Gasteiger partial charge in [-0.2, -0.15) is 0 Å². The summed E-state index contributed by atoms with van der Waals surface area (Å²) in [5.41, 5.74) is 0. The van der Waals surface area contributed by atoms with Crippen molar-refractivity contribution in [2.75, 3.05) is 31.1 Å². The number of aromatic nitrogens is 2. The number of carbonyl (C=O) groups is 1. The van der Waals surface area contributed by atoms with Crippen molar-refractivity contribution in [3.05, 3.63) is 18.5 Å². The van der Waals surface area contributed by atoms with Crippen molar-refractivity contribution in [3.63, 3.8) is 0 Å². The van der Waals surface area contributed by atoms with Gasteiger partial charge < -0.3 is 9.74 Å². The maximum atomic E-state index is 10.8. The zero-order valence-electron chi connectivity index (χ0n) is 9.17. The van der Waals surface area contributed by atoms with Crippen LogP contribution in [-0.2, 0) is 9.63 Å². The van der Waals surface area contributed by atoms with Gasteiger partial charge in [-0.3, -0.25) is 4.79 Å². The Kier molecular flexibility index (Phi) is 3.31. The Balaban J connectivity index is 1.88. The number of hydrogen-bond donors (Lipinski definition) is 0. The molecule has 6 nitrogen and oxygen atoms in total. The SMILES string of the molecule is CC(=O)ON1CCN(c2ncccn2)CC1. The lowest BCUT2D eigenvalue weighted by Gasteiger charge is -2.32. The largest absolute Gasteiger partial charge is 0.368 e. The summed E-state index contributed by atoms with van der Waals surface area (Å²) in [6.07, 6.45) is 3.45. The number of hydrogen-bond acceptors (Lipinski definition) is 6. The van der Waals surface area contributed by atoms with Gasteiger partial charge in [0.1, 0.15) is 0 Å². The number of carbonyl (C=O) groups excluding carboxylic acids is 1. The normalized spacial score (nSPS) is 17.2. The Labute approximate surface area is 93.8 Å². The molecule has 2 rings (SSSR count). The minimum atomic E-state index is -0.274. The van der Waals surface area contributed by atoms with Crippen LogP contribution < -0.4 is 4.90 Å². The quantitative estimate of drug-likeness (QED) is 0.706. The van der Waals surface area contributed by atoms with Crippen molar-refractivity contribution >= 4 is 11.9 Å². The van der Waals surface area contributed by atoms with Gasteiger partial charge in [0.25, 0.3) is 0 Å². The molecular formula is C10H14N4O2. The van der Waals surface area contributed by atoms with Crippen LogP contribution in [0.5, 0.6) is 0 Å². The number of rotatable bonds is 2. The fraction of sp³-hybridized carbons (Fsp3) is 0.500. The lowest BCUT2D eigenvalue weighted by atomic mass is 10.4. The van der Waals surface area contributed by atoms with Crippen LogP contribution in [0, 0.1) is 0 Å². The van der Waals surface area contributed by atoms with Crippen molar-refractivity contribution in [1.82, 2.24) is 15.0 Å². The van der Waals surface area contributed by atoms with Crippen LogP contribution in [0.3, 0.4) is 0 Å². The van der Waals surface area contributed by atoms with E-state index in [1.54, 1.807) is 23.5 Å². The van der Waals surface area contributed by atoms with Gasteiger partial charge >= 0.3 is 5.97 Å². The summed E-state index contributed by atoms with van der Waals surface area (Å²) in [4.78, 5) is 26.2. The molecule has 2 heterocycles. The lowest BCUT2D eigenvalue weighted by molar-refractivity contribution is -0.188. The summed E-state index contributed by atoms with van der Waals surface area (Å²) in [6.45, 7) is 4.29. The Morgan fingerprint density at radius 2 is 1.88 bits per heavy atom. The second-order valence-electron chi connectivity index (χ2n) is 3.55. The molecule has 1 aromatic rings. The first-order valence-electron chi connectivity index (χ1n) is 5.21. The maximum absolute atomic E-state index is 10.8. The van der Waals surface area contributed by atoms with Gasteiger partial charge in [-0.05, 0) is 6.07 Å². The van der Waals surface area contributed by atoms with Gasteiger partial charge in [0.05, 0.1) is 13.1 Å². The topological polar surface area (TPSA) is 58.6 Å². The molecule has 0 aliphatic carbocycles. The predicted molar refractivity (Wildman–Crippen MR) is 57.6 cm³/mol. The van der Waals surface area contributed by atoms with E-state index in [0.29, 0.717) is 13.1 Å². The average Bonchev–Trinajstić information content (AvgIpc) is 2.30. The molecule has 0 amide bonds. The summed E-state index contributed by atoms with van der Waals surface area (Å²) in [7, 11) is 0. The fourth-order valence-electron chi connectivity index (χ4n) is 1.62. The Morgan fingerprint density at radius 1 is 1.25 bits per heavy atom. The average molecular weight is 222 g/mol. The zero-order chi connectivity index (χ0) is 11.4. The number of piperazine rings is 1. The Bertz CT molecular complexity index is 349. The van der Waals surface area contributed by atoms with Crippen molar-refractivity contribution < 1.29 is 9.63 Å². The van der Waals surface area contributed by atoms with Crippen LogP contribution in [0.25, 0.3) is 0 Å². The van der Waals surface area contributed by atoms with E-state index in [0.717, 1.165) is 19.0 Å². The molecule has 1 aromatic heterocycles. The van der Waals surface area contributed by atoms with E-state index in [1.165, 1.54) is 6.92 Å². The summed E-state index contributed by atoms with van der Waals surface area (Å²) in [6, 6.07) is 1.79. The summed E-state index contributed by atoms with van der Waals surface area (Å²) in [5, 5.41) is 1.67. The fourth-order valence-corrected chi connectivity index (χ4v) is 1.62. The lowest BCUT2D eigenvalue weighted by Crippen LogP contribution is -2.47. The molecule has 16 heavy (non-hydrogen) atoms. The van der Waals surface area contributed by atoms with Gasteiger partial charge in [-0.15, -0.1) is 5.06 Å². The molecule has 1 aliphatic rings. The van der Waals surface area contributed by atoms with Gasteiger partial charge in [0.15, 0.2) is 0 Å². The van der Waals surface area contributed by atoms with Gasteiger partial charge in [-0.25, -0.2) is 9.97 Å². The minimum Gasteiger partial charge on any atom is -0.368 e. The van der Waals surface area contributed by atoms with Gasteiger partial charge in [0, 0.05) is 32.4 Å².